The Balaban J connectivity index is 2.04. The first-order chi connectivity index (χ1) is 7.84. The van der Waals surface area contributed by atoms with Crippen LogP contribution in [-0.4, -0.2) is 11.7 Å². The maximum absolute atomic E-state index is 9.67. The lowest BCUT2D eigenvalue weighted by molar-refractivity contribution is 0.225. The second-order valence-electron chi connectivity index (χ2n) is 4.48. The van der Waals surface area contributed by atoms with Gasteiger partial charge in [0.25, 0.3) is 0 Å². The number of benzene rings is 1. The number of aliphatic hydroxyl groups is 1. The number of fused-ring (bicyclic) bond motifs is 1. The molecule has 1 N–H and O–H groups in total. The van der Waals surface area contributed by atoms with E-state index < -0.39 is 0 Å². The minimum absolute atomic E-state index is 0.163. The molecule has 0 fully saturated rings. The highest BCUT2D eigenvalue weighted by Crippen LogP contribution is 2.35. The highest BCUT2D eigenvalue weighted by atomic mass is 16.3. The van der Waals surface area contributed by atoms with Crippen molar-refractivity contribution in [3.05, 3.63) is 59.2 Å². The van der Waals surface area contributed by atoms with Crippen LogP contribution in [0.15, 0.2) is 42.5 Å². The molecule has 1 aromatic rings. The normalized spacial score (nSPS) is 25.3. The highest BCUT2D eigenvalue weighted by Gasteiger charge is 2.29. The van der Waals surface area contributed by atoms with Crippen LogP contribution >= 0.6 is 0 Å². The minimum Gasteiger partial charge on any atom is -0.395 e. The molecule has 80 valence electrons. The van der Waals surface area contributed by atoms with Crippen LogP contribution in [-0.2, 0) is 5.41 Å². The van der Waals surface area contributed by atoms with Crippen molar-refractivity contribution >= 4 is 12.2 Å². The van der Waals surface area contributed by atoms with E-state index in [2.05, 4.69) is 42.5 Å². The molecular formula is C15H14O. The Bertz CT molecular complexity index is 508. The lowest BCUT2D eigenvalue weighted by atomic mass is 9.75. The minimum atomic E-state index is -0.215. The van der Waals surface area contributed by atoms with Gasteiger partial charge >= 0.3 is 0 Å². The molecule has 0 heterocycles. The zero-order chi connectivity index (χ0) is 11.0. The van der Waals surface area contributed by atoms with E-state index in [-0.39, 0.29) is 12.0 Å². The Hall–Kier alpha value is -1.60. The molecular weight excluding hydrogens is 196 g/mol. The Labute approximate surface area is 95.4 Å². The van der Waals surface area contributed by atoms with Crippen molar-refractivity contribution < 1.29 is 5.11 Å². The van der Waals surface area contributed by atoms with Gasteiger partial charge < -0.3 is 5.11 Å². The molecule has 1 aromatic carbocycles. The van der Waals surface area contributed by atoms with Gasteiger partial charge in [0.2, 0.25) is 0 Å². The third kappa shape index (κ3) is 1.29. The van der Waals surface area contributed by atoms with E-state index in [1.165, 1.54) is 16.7 Å². The van der Waals surface area contributed by atoms with Gasteiger partial charge in [-0.3, -0.25) is 0 Å². The van der Waals surface area contributed by atoms with Gasteiger partial charge in [0, 0.05) is 5.41 Å². The number of aliphatic hydroxyl groups excluding tert-OH is 1. The Kier molecular flexibility index (Phi) is 2.08. The molecule has 2 aliphatic carbocycles. The topological polar surface area (TPSA) is 20.2 Å². The van der Waals surface area contributed by atoms with E-state index in [0.29, 0.717) is 0 Å². The molecule has 0 amide bonds. The van der Waals surface area contributed by atoms with Crippen LogP contribution in [0.1, 0.15) is 23.1 Å². The van der Waals surface area contributed by atoms with Crippen LogP contribution in [0.3, 0.4) is 0 Å². The summed E-state index contributed by atoms with van der Waals surface area (Å²) in [5, 5.41) is 9.67. The Morgan fingerprint density at radius 2 is 2.00 bits per heavy atom. The van der Waals surface area contributed by atoms with E-state index in [4.69, 9.17) is 0 Å². The summed E-state index contributed by atoms with van der Waals surface area (Å²) in [6.07, 6.45) is 13.4. The van der Waals surface area contributed by atoms with Crippen molar-refractivity contribution in [3.63, 3.8) is 0 Å². The average Bonchev–Trinajstić information content (AvgIpc) is 2.32. The Morgan fingerprint density at radius 1 is 1.12 bits per heavy atom. The number of allylic oxidation sites excluding steroid dienone is 3. The maximum atomic E-state index is 9.67. The Morgan fingerprint density at radius 3 is 2.56 bits per heavy atom. The fourth-order valence-corrected chi connectivity index (χ4v) is 2.35. The van der Waals surface area contributed by atoms with Gasteiger partial charge in [0.1, 0.15) is 0 Å². The first-order valence-corrected chi connectivity index (χ1v) is 5.62. The third-order valence-electron chi connectivity index (χ3n) is 3.53. The largest absolute Gasteiger partial charge is 0.395 e. The highest BCUT2D eigenvalue weighted by molar-refractivity contribution is 5.85. The van der Waals surface area contributed by atoms with E-state index in [1.807, 2.05) is 12.2 Å². The molecule has 0 bridgehead atoms. The summed E-state index contributed by atoms with van der Waals surface area (Å²) in [6, 6.07) is 6.45. The van der Waals surface area contributed by atoms with Crippen molar-refractivity contribution in [2.24, 2.45) is 0 Å². The smallest absolute Gasteiger partial charge is 0.0565 e. The summed E-state index contributed by atoms with van der Waals surface area (Å²) >= 11 is 0. The first kappa shape index (κ1) is 9.61. The van der Waals surface area contributed by atoms with Gasteiger partial charge in [0.05, 0.1) is 6.61 Å². The van der Waals surface area contributed by atoms with Crippen LogP contribution in [0.4, 0.5) is 0 Å². The van der Waals surface area contributed by atoms with Gasteiger partial charge in [-0.25, -0.2) is 0 Å². The van der Waals surface area contributed by atoms with Crippen molar-refractivity contribution in [1.82, 2.24) is 0 Å². The molecule has 3 rings (SSSR count). The van der Waals surface area contributed by atoms with Crippen LogP contribution in [0.25, 0.3) is 12.2 Å². The van der Waals surface area contributed by atoms with Crippen molar-refractivity contribution in [2.45, 2.75) is 11.8 Å². The van der Waals surface area contributed by atoms with Crippen LogP contribution in [0.2, 0.25) is 0 Å². The molecule has 16 heavy (non-hydrogen) atoms. The molecule has 1 atom stereocenters. The first-order valence-electron chi connectivity index (χ1n) is 5.62. The number of rotatable bonds is 2. The van der Waals surface area contributed by atoms with Crippen molar-refractivity contribution in [2.75, 3.05) is 6.61 Å². The van der Waals surface area contributed by atoms with E-state index in [9.17, 15) is 5.11 Å². The van der Waals surface area contributed by atoms with E-state index in [1.54, 1.807) is 0 Å². The summed E-state index contributed by atoms with van der Waals surface area (Å²) in [7, 11) is 0. The van der Waals surface area contributed by atoms with Crippen molar-refractivity contribution in [1.29, 1.82) is 0 Å². The van der Waals surface area contributed by atoms with Gasteiger partial charge in [-0.1, -0.05) is 54.7 Å². The quantitative estimate of drug-likeness (QED) is 0.808. The molecule has 0 aromatic heterocycles. The van der Waals surface area contributed by atoms with Gasteiger partial charge in [-0.05, 0) is 23.1 Å². The zero-order valence-electron chi connectivity index (χ0n) is 9.06. The second kappa shape index (κ2) is 3.46. The zero-order valence-corrected chi connectivity index (χ0v) is 9.06. The summed E-state index contributed by atoms with van der Waals surface area (Å²) in [6.45, 7) is 0.163. The van der Waals surface area contributed by atoms with E-state index >= 15 is 0 Å². The lowest BCUT2D eigenvalue weighted by Crippen LogP contribution is -2.28. The summed E-state index contributed by atoms with van der Waals surface area (Å²) < 4.78 is 0. The van der Waals surface area contributed by atoms with Gasteiger partial charge in [-0.2, -0.15) is 0 Å². The monoisotopic (exact) mass is 210 g/mol. The van der Waals surface area contributed by atoms with Crippen LogP contribution in [0, 0.1) is 0 Å². The fourth-order valence-electron chi connectivity index (χ4n) is 2.35. The summed E-state index contributed by atoms with van der Waals surface area (Å²) in [5.74, 6) is 0. The molecule has 0 radical (unpaired) electrons. The molecule has 1 nitrogen and oxygen atoms in total. The average molecular weight is 210 g/mol. The molecule has 1 unspecified atom stereocenters. The molecule has 0 aliphatic heterocycles. The molecule has 0 saturated carbocycles. The molecule has 1 heteroatoms. The molecule has 2 aliphatic rings. The van der Waals surface area contributed by atoms with Gasteiger partial charge in [0.15, 0.2) is 0 Å². The number of hydrogen-bond donors (Lipinski definition) is 1. The summed E-state index contributed by atoms with van der Waals surface area (Å²) in [4.78, 5) is 0. The predicted molar refractivity (Wildman–Crippen MR) is 67.0 cm³/mol. The molecule has 0 spiro atoms. The number of hydrogen-bond acceptors (Lipinski definition) is 1. The SMILES string of the molecule is OCC1(c2ccc3c(c2)C=C3)C=CC=CC1. The third-order valence-corrected chi connectivity index (χ3v) is 3.53. The fraction of sp³-hybridized carbons (Fsp3) is 0.200. The second-order valence-corrected chi connectivity index (χ2v) is 4.48. The maximum Gasteiger partial charge on any atom is 0.0565 e. The predicted octanol–water partition coefficient (Wildman–Crippen LogP) is 2.92. The standard InChI is InChI=1S/C15H14O/c16-11-15(8-2-1-3-9-15)14-7-6-12-4-5-13(12)10-14/h1-8,10,16H,9,11H2. The van der Waals surface area contributed by atoms with Crippen LogP contribution < -0.4 is 0 Å². The summed E-state index contributed by atoms with van der Waals surface area (Å²) in [5.41, 5.74) is 3.58. The van der Waals surface area contributed by atoms with E-state index in [0.717, 1.165) is 6.42 Å². The van der Waals surface area contributed by atoms with Crippen LogP contribution in [0.5, 0.6) is 0 Å². The van der Waals surface area contributed by atoms with Crippen molar-refractivity contribution in [3.8, 4) is 0 Å². The molecule has 0 saturated heterocycles. The van der Waals surface area contributed by atoms with Gasteiger partial charge in [-0.15, -0.1) is 0 Å². The lowest BCUT2D eigenvalue weighted by Gasteiger charge is -2.30.